The van der Waals surface area contributed by atoms with Crippen molar-refractivity contribution in [3.8, 4) is 0 Å². The fourth-order valence-corrected chi connectivity index (χ4v) is 2.65. The average Bonchev–Trinajstić information content (AvgIpc) is 2.69. The van der Waals surface area contributed by atoms with Gasteiger partial charge in [-0.05, 0) is 49.2 Å². The summed E-state index contributed by atoms with van der Waals surface area (Å²) in [6, 6.07) is 13.2. The molecule has 0 fully saturated rings. The molecule has 3 rings (SSSR count). The number of hydrogen-bond acceptors (Lipinski definition) is 3. The summed E-state index contributed by atoms with van der Waals surface area (Å²) in [6.45, 7) is 4.33. The monoisotopic (exact) mass is 280 g/mol. The minimum absolute atomic E-state index is 0.282. The van der Waals surface area contributed by atoms with Gasteiger partial charge in [0, 0.05) is 5.69 Å². The van der Waals surface area contributed by atoms with Crippen LogP contribution < -0.4 is 10.2 Å². The van der Waals surface area contributed by atoms with Crippen molar-refractivity contribution in [1.82, 2.24) is 0 Å². The van der Waals surface area contributed by atoms with Gasteiger partial charge in [0.2, 0.25) is 0 Å². The van der Waals surface area contributed by atoms with Crippen molar-refractivity contribution >= 4 is 23.1 Å². The number of rotatable bonds is 3. The highest BCUT2D eigenvalue weighted by molar-refractivity contribution is 6.52. The number of nitrogens with one attached hydrogen (secondary N) is 1. The highest BCUT2D eigenvalue weighted by atomic mass is 16.2. The summed E-state index contributed by atoms with van der Waals surface area (Å²) >= 11 is 0. The summed E-state index contributed by atoms with van der Waals surface area (Å²) in [5.41, 5.74) is 4.40. The van der Waals surface area contributed by atoms with E-state index in [2.05, 4.69) is 11.4 Å². The zero-order valence-electron chi connectivity index (χ0n) is 12.0. The molecule has 4 nitrogen and oxygen atoms in total. The molecule has 1 aliphatic rings. The Morgan fingerprint density at radius 1 is 1.00 bits per heavy atom. The van der Waals surface area contributed by atoms with Gasteiger partial charge in [0.15, 0.2) is 0 Å². The van der Waals surface area contributed by atoms with E-state index < -0.39 is 11.7 Å². The molecule has 0 saturated heterocycles. The number of nitrogens with zero attached hydrogens (tertiary/aromatic N) is 1. The number of Topliss-reactive ketones (excluding diaryl/α,β-unsaturated/α-hetero) is 1. The number of benzene rings is 2. The molecular formula is C17H16N2O2. The van der Waals surface area contributed by atoms with Crippen LogP contribution in [0.5, 0.6) is 0 Å². The van der Waals surface area contributed by atoms with Crippen molar-refractivity contribution < 1.29 is 9.59 Å². The zero-order chi connectivity index (χ0) is 15.0. The summed E-state index contributed by atoms with van der Waals surface area (Å²) in [6.07, 6.45) is 0. The van der Waals surface area contributed by atoms with Crippen molar-refractivity contribution in [1.29, 1.82) is 0 Å². The van der Waals surface area contributed by atoms with Crippen LogP contribution >= 0.6 is 0 Å². The van der Waals surface area contributed by atoms with E-state index in [9.17, 15) is 9.59 Å². The van der Waals surface area contributed by atoms with Crippen LogP contribution in [-0.2, 0) is 4.79 Å². The quantitative estimate of drug-likeness (QED) is 0.879. The Balaban J connectivity index is 1.82. The summed E-state index contributed by atoms with van der Waals surface area (Å²) in [7, 11) is 0. The minimum Gasteiger partial charge on any atom is -0.367 e. The van der Waals surface area contributed by atoms with Crippen LogP contribution in [0.2, 0.25) is 0 Å². The second-order valence-electron chi connectivity index (χ2n) is 5.29. The number of carbonyl (C=O) groups excluding carboxylic acids is 2. The molecule has 0 radical (unpaired) electrons. The third kappa shape index (κ3) is 2.40. The second kappa shape index (κ2) is 5.05. The van der Waals surface area contributed by atoms with E-state index in [1.54, 1.807) is 18.2 Å². The van der Waals surface area contributed by atoms with Crippen LogP contribution in [-0.4, -0.2) is 18.4 Å². The highest BCUT2D eigenvalue weighted by Gasteiger charge is 2.35. The Kier molecular flexibility index (Phi) is 3.22. The molecule has 0 atom stereocenters. The lowest BCUT2D eigenvalue weighted by Crippen LogP contribution is -2.34. The molecule has 106 valence electrons. The first kappa shape index (κ1) is 13.4. The maximum Gasteiger partial charge on any atom is 0.300 e. The summed E-state index contributed by atoms with van der Waals surface area (Å²) in [5.74, 6) is -0.916. The number of aryl methyl sites for hydroxylation is 2. The van der Waals surface area contributed by atoms with Crippen molar-refractivity contribution in [2.45, 2.75) is 13.8 Å². The van der Waals surface area contributed by atoms with Crippen molar-refractivity contribution in [2.75, 3.05) is 16.9 Å². The van der Waals surface area contributed by atoms with Gasteiger partial charge in [-0.1, -0.05) is 18.2 Å². The Hall–Kier alpha value is -2.62. The zero-order valence-corrected chi connectivity index (χ0v) is 12.0. The molecule has 2 aromatic rings. The van der Waals surface area contributed by atoms with Gasteiger partial charge < -0.3 is 5.32 Å². The molecule has 0 unspecified atom stereocenters. The van der Waals surface area contributed by atoms with Gasteiger partial charge in [0.1, 0.15) is 0 Å². The van der Waals surface area contributed by atoms with Crippen LogP contribution in [0.25, 0.3) is 0 Å². The number of ketones is 1. The fourth-order valence-electron chi connectivity index (χ4n) is 2.65. The van der Waals surface area contributed by atoms with Crippen LogP contribution in [0.3, 0.4) is 0 Å². The lowest BCUT2D eigenvalue weighted by molar-refractivity contribution is -0.114. The van der Waals surface area contributed by atoms with Gasteiger partial charge in [-0.15, -0.1) is 0 Å². The van der Waals surface area contributed by atoms with E-state index in [0.29, 0.717) is 11.3 Å². The molecule has 0 spiro atoms. The Bertz CT molecular complexity index is 717. The number of amides is 1. The largest absolute Gasteiger partial charge is 0.367 e. The molecule has 0 saturated carbocycles. The van der Waals surface area contributed by atoms with Crippen LogP contribution in [0, 0.1) is 13.8 Å². The molecule has 0 aliphatic carbocycles. The van der Waals surface area contributed by atoms with E-state index in [0.717, 1.165) is 16.8 Å². The molecule has 21 heavy (non-hydrogen) atoms. The first-order chi connectivity index (χ1) is 10.1. The Morgan fingerprint density at radius 3 is 2.38 bits per heavy atom. The number of hydrogen-bond donors (Lipinski definition) is 1. The summed E-state index contributed by atoms with van der Waals surface area (Å²) < 4.78 is 0. The maximum absolute atomic E-state index is 12.1. The number of carbonyl (C=O) groups is 2. The third-order valence-electron chi connectivity index (χ3n) is 3.54. The van der Waals surface area contributed by atoms with E-state index in [-0.39, 0.29) is 6.67 Å². The first-order valence-corrected chi connectivity index (χ1v) is 6.83. The molecular weight excluding hydrogens is 264 g/mol. The van der Waals surface area contributed by atoms with Gasteiger partial charge in [-0.2, -0.15) is 0 Å². The number of fused-ring (bicyclic) bond motifs is 1. The maximum atomic E-state index is 12.1. The number of para-hydroxylation sites is 1. The predicted molar refractivity (Wildman–Crippen MR) is 82.7 cm³/mol. The Labute approximate surface area is 123 Å². The van der Waals surface area contributed by atoms with Crippen LogP contribution in [0.1, 0.15) is 21.5 Å². The molecule has 4 heteroatoms. The number of anilines is 2. The minimum atomic E-state index is -0.479. The molecule has 1 N–H and O–H groups in total. The van der Waals surface area contributed by atoms with E-state index in [1.807, 2.05) is 32.0 Å². The molecule has 1 amide bonds. The smallest absolute Gasteiger partial charge is 0.300 e. The lowest BCUT2D eigenvalue weighted by Gasteiger charge is -2.18. The summed E-state index contributed by atoms with van der Waals surface area (Å²) in [4.78, 5) is 25.4. The van der Waals surface area contributed by atoms with E-state index in [1.165, 1.54) is 4.90 Å². The van der Waals surface area contributed by atoms with E-state index >= 15 is 0 Å². The van der Waals surface area contributed by atoms with Crippen LogP contribution in [0.15, 0.2) is 42.5 Å². The van der Waals surface area contributed by atoms with Gasteiger partial charge >= 0.3 is 5.91 Å². The molecule has 1 heterocycles. The predicted octanol–water partition coefficient (Wildman–Crippen LogP) is 2.90. The third-order valence-corrected chi connectivity index (χ3v) is 3.54. The Morgan fingerprint density at radius 2 is 1.67 bits per heavy atom. The SMILES string of the molecule is Cc1cc(C)cc(NCN2C(=O)C(=O)c3ccccc32)c1. The highest BCUT2D eigenvalue weighted by Crippen LogP contribution is 2.28. The summed E-state index contributed by atoms with van der Waals surface area (Å²) in [5, 5.41) is 3.21. The van der Waals surface area contributed by atoms with E-state index in [4.69, 9.17) is 0 Å². The van der Waals surface area contributed by atoms with Crippen molar-refractivity contribution in [3.05, 3.63) is 59.2 Å². The normalized spacial score (nSPS) is 13.5. The van der Waals surface area contributed by atoms with Crippen molar-refractivity contribution in [3.63, 3.8) is 0 Å². The molecule has 0 aromatic heterocycles. The molecule has 1 aliphatic heterocycles. The fraction of sp³-hybridized carbons (Fsp3) is 0.176. The average molecular weight is 280 g/mol. The molecule has 0 bridgehead atoms. The topological polar surface area (TPSA) is 49.4 Å². The van der Waals surface area contributed by atoms with Crippen molar-refractivity contribution in [2.24, 2.45) is 0 Å². The van der Waals surface area contributed by atoms with Gasteiger partial charge in [0.05, 0.1) is 17.9 Å². The molecule has 2 aromatic carbocycles. The lowest BCUT2D eigenvalue weighted by atomic mass is 10.1. The second-order valence-corrected chi connectivity index (χ2v) is 5.29. The van der Waals surface area contributed by atoms with Gasteiger partial charge in [-0.25, -0.2) is 0 Å². The standard InChI is InChI=1S/C17H16N2O2/c1-11-7-12(2)9-13(8-11)18-10-19-15-6-4-3-5-14(15)16(20)17(19)21/h3-9,18H,10H2,1-2H3. The first-order valence-electron chi connectivity index (χ1n) is 6.83. The van der Waals surface area contributed by atoms with Gasteiger partial charge in [0.25, 0.3) is 5.78 Å². The van der Waals surface area contributed by atoms with Gasteiger partial charge in [-0.3, -0.25) is 14.5 Å². The van der Waals surface area contributed by atoms with Crippen LogP contribution in [0.4, 0.5) is 11.4 Å².